The fraction of sp³-hybridized carbons (Fsp3) is 0.312. The predicted octanol–water partition coefficient (Wildman–Crippen LogP) is 4.46. The van der Waals surface area contributed by atoms with E-state index in [1.807, 2.05) is 0 Å². The lowest BCUT2D eigenvalue weighted by atomic mass is 10.2. The summed E-state index contributed by atoms with van der Waals surface area (Å²) in [6, 6.07) is 4.13. The first kappa shape index (κ1) is 18.3. The molecule has 128 valence electrons. The lowest BCUT2D eigenvalue weighted by molar-refractivity contribution is 0.0576. The minimum absolute atomic E-state index is 0.0502. The quantitative estimate of drug-likeness (QED) is 0.714. The van der Waals surface area contributed by atoms with Crippen molar-refractivity contribution in [2.45, 2.75) is 32.9 Å². The van der Waals surface area contributed by atoms with Crippen LogP contribution in [0.25, 0.3) is 0 Å². The monoisotopic (exact) mass is 399 g/mol. The SMILES string of the molecule is CC(C)(C)OC(=O)N(Cc1cncc(F)c1)c1ccc(Br)c(F)n1. The molecule has 0 aliphatic rings. The van der Waals surface area contributed by atoms with Crippen LogP contribution in [-0.4, -0.2) is 21.7 Å². The molecule has 0 N–H and O–H groups in total. The lowest BCUT2D eigenvalue weighted by Crippen LogP contribution is -2.37. The van der Waals surface area contributed by atoms with Gasteiger partial charge in [-0.2, -0.15) is 4.39 Å². The smallest absolute Gasteiger partial charge is 0.416 e. The van der Waals surface area contributed by atoms with Crippen molar-refractivity contribution in [1.82, 2.24) is 9.97 Å². The summed E-state index contributed by atoms with van der Waals surface area (Å²) in [5, 5.41) is 0. The van der Waals surface area contributed by atoms with Gasteiger partial charge in [-0.05, 0) is 60.5 Å². The van der Waals surface area contributed by atoms with Crippen molar-refractivity contribution >= 4 is 27.8 Å². The van der Waals surface area contributed by atoms with Crippen LogP contribution in [0.1, 0.15) is 26.3 Å². The van der Waals surface area contributed by atoms with Crippen LogP contribution in [0.15, 0.2) is 35.1 Å². The van der Waals surface area contributed by atoms with Gasteiger partial charge in [-0.3, -0.25) is 9.88 Å². The molecule has 0 saturated carbocycles. The molecule has 0 bridgehead atoms. The molecule has 2 rings (SSSR count). The van der Waals surface area contributed by atoms with E-state index in [0.29, 0.717) is 5.56 Å². The summed E-state index contributed by atoms with van der Waals surface area (Å²) in [6.45, 7) is 5.07. The Bertz CT molecular complexity index is 750. The number of amides is 1. The summed E-state index contributed by atoms with van der Waals surface area (Å²) in [5.74, 6) is -1.25. The molecule has 2 aromatic heterocycles. The number of ether oxygens (including phenoxy) is 1. The number of anilines is 1. The van der Waals surface area contributed by atoms with Crippen LogP contribution in [0.5, 0.6) is 0 Å². The van der Waals surface area contributed by atoms with Crippen molar-refractivity contribution in [1.29, 1.82) is 0 Å². The molecule has 8 heteroatoms. The van der Waals surface area contributed by atoms with Gasteiger partial charge >= 0.3 is 6.09 Å². The number of carbonyl (C=O) groups excluding carboxylic acids is 1. The molecule has 0 aromatic carbocycles. The molecule has 0 radical (unpaired) electrons. The highest BCUT2D eigenvalue weighted by atomic mass is 79.9. The summed E-state index contributed by atoms with van der Waals surface area (Å²) >= 11 is 3.01. The van der Waals surface area contributed by atoms with E-state index < -0.39 is 23.5 Å². The van der Waals surface area contributed by atoms with E-state index in [2.05, 4.69) is 25.9 Å². The Morgan fingerprint density at radius 3 is 2.58 bits per heavy atom. The van der Waals surface area contributed by atoms with Gasteiger partial charge in [0, 0.05) is 6.20 Å². The van der Waals surface area contributed by atoms with E-state index in [9.17, 15) is 13.6 Å². The molecule has 0 spiro atoms. The molecule has 0 unspecified atom stereocenters. The maximum atomic E-state index is 13.7. The Kier molecular flexibility index (Phi) is 5.48. The van der Waals surface area contributed by atoms with E-state index in [1.165, 1.54) is 24.4 Å². The van der Waals surface area contributed by atoms with Gasteiger partial charge in [-0.15, -0.1) is 0 Å². The Labute approximate surface area is 146 Å². The topological polar surface area (TPSA) is 55.3 Å². The first-order valence-electron chi connectivity index (χ1n) is 7.08. The minimum Gasteiger partial charge on any atom is -0.443 e. The number of aromatic nitrogens is 2. The van der Waals surface area contributed by atoms with Crippen molar-refractivity contribution < 1.29 is 18.3 Å². The van der Waals surface area contributed by atoms with Crippen LogP contribution < -0.4 is 4.90 Å². The van der Waals surface area contributed by atoms with Crippen molar-refractivity contribution in [3.63, 3.8) is 0 Å². The Balaban J connectivity index is 2.36. The van der Waals surface area contributed by atoms with Crippen LogP contribution in [0.4, 0.5) is 19.4 Å². The van der Waals surface area contributed by atoms with Crippen molar-refractivity contribution in [3.05, 3.63) is 52.4 Å². The third kappa shape index (κ3) is 4.95. The normalized spacial score (nSPS) is 11.2. The summed E-state index contributed by atoms with van der Waals surface area (Å²) in [5.41, 5.74) is -0.324. The predicted molar refractivity (Wildman–Crippen MR) is 88.5 cm³/mol. The number of hydrogen-bond acceptors (Lipinski definition) is 4. The van der Waals surface area contributed by atoms with Crippen LogP contribution >= 0.6 is 15.9 Å². The van der Waals surface area contributed by atoms with Crippen LogP contribution in [-0.2, 0) is 11.3 Å². The minimum atomic E-state index is -0.765. The number of pyridine rings is 2. The molecule has 0 atom stereocenters. The molecule has 0 aliphatic carbocycles. The van der Waals surface area contributed by atoms with E-state index in [-0.39, 0.29) is 16.8 Å². The maximum Gasteiger partial charge on any atom is 0.416 e. The third-order valence-corrected chi connectivity index (χ3v) is 3.37. The second kappa shape index (κ2) is 7.21. The first-order valence-corrected chi connectivity index (χ1v) is 7.87. The number of hydrogen-bond donors (Lipinski definition) is 0. The molecular formula is C16H16BrF2N3O2. The molecule has 0 fully saturated rings. The molecule has 2 aromatic rings. The van der Waals surface area contributed by atoms with Gasteiger partial charge in [-0.25, -0.2) is 14.2 Å². The fourth-order valence-corrected chi connectivity index (χ4v) is 2.06. The Hall–Kier alpha value is -2.09. The van der Waals surface area contributed by atoms with E-state index in [0.717, 1.165) is 11.1 Å². The van der Waals surface area contributed by atoms with Gasteiger partial charge in [0.05, 0.1) is 17.2 Å². The van der Waals surface area contributed by atoms with E-state index in [1.54, 1.807) is 20.8 Å². The van der Waals surface area contributed by atoms with Gasteiger partial charge in [0.1, 0.15) is 17.2 Å². The molecule has 0 saturated heterocycles. The van der Waals surface area contributed by atoms with E-state index in [4.69, 9.17) is 4.74 Å². The largest absolute Gasteiger partial charge is 0.443 e. The molecule has 5 nitrogen and oxygen atoms in total. The number of carbonyl (C=O) groups is 1. The summed E-state index contributed by atoms with van der Waals surface area (Å²) in [7, 11) is 0. The Morgan fingerprint density at radius 2 is 2.00 bits per heavy atom. The zero-order chi connectivity index (χ0) is 17.9. The lowest BCUT2D eigenvalue weighted by Gasteiger charge is -2.26. The zero-order valence-corrected chi connectivity index (χ0v) is 15.0. The van der Waals surface area contributed by atoms with Crippen molar-refractivity contribution in [2.24, 2.45) is 0 Å². The summed E-state index contributed by atoms with van der Waals surface area (Å²) < 4.78 is 32.6. The van der Waals surface area contributed by atoms with Gasteiger partial charge in [-0.1, -0.05) is 0 Å². The average molecular weight is 400 g/mol. The molecule has 1 amide bonds. The molecule has 0 aliphatic heterocycles. The van der Waals surface area contributed by atoms with Gasteiger partial charge in [0.25, 0.3) is 0 Å². The van der Waals surface area contributed by atoms with Gasteiger partial charge < -0.3 is 4.74 Å². The first-order chi connectivity index (χ1) is 11.2. The summed E-state index contributed by atoms with van der Waals surface area (Å²) in [6.07, 6.45) is 1.75. The number of nitrogens with zero attached hydrogens (tertiary/aromatic N) is 3. The van der Waals surface area contributed by atoms with Crippen LogP contribution in [0.3, 0.4) is 0 Å². The van der Waals surface area contributed by atoms with Crippen LogP contribution in [0.2, 0.25) is 0 Å². The highest BCUT2D eigenvalue weighted by Gasteiger charge is 2.25. The molecule has 24 heavy (non-hydrogen) atoms. The zero-order valence-electron chi connectivity index (χ0n) is 13.4. The summed E-state index contributed by atoms with van der Waals surface area (Å²) in [4.78, 5) is 21.1. The molecular weight excluding hydrogens is 384 g/mol. The van der Waals surface area contributed by atoms with Crippen molar-refractivity contribution in [3.8, 4) is 0 Å². The third-order valence-electron chi connectivity index (χ3n) is 2.78. The standard InChI is InChI=1S/C16H16BrF2N3O2/c1-16(2,3)24-15(23)22(9-10-6-11(18)8-20-7-10)13-5-4-12(17)14(19)21-13/h4-8H,9H2,1-3H3. The van der Waals surface area contributed by atoms with Crippen LogP contribution in [0, 0.1) is 11.8 Å². The van der Waals surface area contributed by atoms with Crippen molar-refractivity contribution in [2.75, 3.05) is 4.90 Å². The van der Waals surface area contributed by atoms with E-state index >= 15 is 0 Å². The van der Waals surface area contributed by atoms with Gasteiger partial charge in [0.15, 0.2) is 0 Å². The number of rotatable bonds is 3. The second-order valence-electron chi connectivity index (χ2n) is 6.02. The highest BCUT2D eigenvalue weighted by molar-refractivity contribution is 9.10. The van der Waals surface area contributed by atoms with Gasteiger partial charge in [0.2, 0.25) is 5.95 Å². The maximum absolute atomic E-state index is 13.7. The highest BCUT2D eigenvalue weighted by Crippen LogP contribution is 2.22. The fourth-order valence-electron chi connectivity index (χ4n) is 1.84. The number of halogens is 3. The Morgan fingerprint density at radius 1 is 1.29 bits per heavy atom. The second-order valence-corrected chi connectivity index (χ2v) is 6.87. The molecule has 2 heterocycles. The average Bonchev–Trinajstić information content (AvgIpc) is 2.46.